The first-order valence-corrected chi connectivity index (χ1v) is 6.55. The molecule has 1 heterocycles. The normalized spacial score (nSPS) is 22.9. The van der Waals surface area contributed by atoms with Crippen LogP contribution in [0.4, 0.5) is 0 Å². The molecule has 0 aliphatic carbocycles. The number of hydrazine groups is 1. The van der Waals surface area contributed by atoms with Crippen LogP contribution in [0.2, 0.25) is 0 Å². The van der Waals surface area contributed by atoms with Crippen molar-refractivity contribution in [2.24, 2.45) is 5.84 Å². The molecule has 3 N–H and O–H groups in total. The minimum atomic E-state index is 0.436. The van der Waals surface area contributed by atoms with E-state index in [4.69, 9.17) is 10.6 Å². The second-order valence-electron chi connectivity index (χ2n) is 4.65. The van der Waals surface area contributed by atoms with Crippen molar-refractivity contribution in [3.63, 3.8) is 0 Å². The Morgan fingerprint density at radius 2 is 2.31 bits per heavy atom. The molecule has 2 atom stereocenters. The van der Waals surface area contributed by atoms with Crippen LogP contribution in [0.5, 0.6) is 0 Å². The zero-order valence-corrected chi connectivity index (χ0v) is 10.3. The highest BCUT2D eigenvalue weighted by Crippen LogP contribution is 2.18. The van der Waals surface area contributed by atoms with E-state index in [1.807, 2.05) is 6.08 Å². The van der Waals surface area contributed by atoms with Crippen molar-refractivity contribution in [2.75, 3.05) is 6.61 Å². The van der Waals surface area contributed by atoms with Gasteiger partial charge in [0.15, 0.2) is 0 Å². The molecular formula is C13H26N2O. The summed E-state index contributed by atoms with van der Waals surface area (Å²) in [5, 5.41) is 0. The Balaban J connectivity index is 2.09. The first kappa shape index (κ1) is 13.7. The first-order chi connectivity index (χ1) is 7.86. The van der Waals surface area contributed by atoms with Crippen molar-refractivity contribution in [1.29, 1.82) is 0 Å². The van der Waals surface area contributed by atoms with E-state index >= 15 is 0 Å². The SMILES string of the molecule is C=CCCCC(CCC1CCCCO1)NN. The maximum Gasteiger partial charge on any atom is 0.0575 e. The number of nitrogens with one attached hydrogen (secondary N) is 1. The summed E-state index contributed by atoms with van der Waals surface area (Å²) in [5.74, 6) is 5.55. The van der Waals surface area contributed by atoms with E-state index in [-0.39, 0.29) is 0 Å². The second-order valence-corrected chi connectivity index (χ2v) is 4.65. The van der Waals surface area contributed by atoms with Crippen molar-refractivity contribution in [2.45, 2.75) is 63.5 Å². The van der Waals surface area contributed by atoms with Crippen LogP contribution < -0.4 is 11.3 Å². The zero-order chi connectivity index (χ0) is 11.6. The predicted octanol–water partition coefficient (Wildman–Crippen LogP) is 2.52. The van der Waals surface area contributed by atoms with Crippen LogP contribution in [0.1, 0.15) is 51.4 Å². The molecule has 3 nitrogen and oxygen atoms in total. The fraction of sp³-hybridized carbons (Fsp3) is 0.846. The summed E-state index contributed by atoms with van der Waals surface area (Å²) in [6.45, 7) is 4.68. The Morgan fingerprint density at radius 3 is 2.94 bits per heavy atom. The molecule has 0 bridgehead atoms. The molecule has 0 aromatic heterocycles. The zero-order valence-electron chi connectivity index (χ0n) is 10.3. The van der Waals surface area contributed by atoms with E-state index in [0.717, 1.165) is 32.3 Å². The van der Waals surface area contributed by atoms with Gasteiger partial charge in [-0.2, -0.15) is 0 Å². The third-order valence-corrected chi connectivity index (χ3v) is 3.31. The quantitative estimate of drug-likeness (QED) is 0.289. The van der Waals surface area contributed by atoms with Crippen LogP contribution in [-0.2, 0) is 4.74 Å². The molecule has 0 saturated carbocycles. The molecule has 0 aromatic rings. The van der Waals surface area contributed by atoms with Gasteiger partial charge in [0, 0.05) is 12.6 Å². The average Bonchev–Trinajstić information content (AvgIpc) is 2.35. The van der Waals surface area contributed by atoms with Gasteiger partial charge in [-0.3, -0.25) is 11.3 Å². The van der Waals surface area contributed by atoms with Gasteiger partial charge in [-0.05, 0) is 51.4 Å². The van der Waals surface area contributed by atoms with E-state index < -0.39 is 0 Å². The molecular weight excluding hydrogens is 200 g/mol. The van der Waals surface area contributed by atoms with Crippen LogP contribution in [0.15, 0.2) is 12.7 Å². The molecule has 1 rings (SSSR count). The fourth-order valence-corrected chi connectivity index (χ4v) is 2.24. The molecule has 1 aliphatic rings. The van der Waals surface area contributed by atoms with Gasteiger partial charge in [0.1, 0.15) is 0 Å². The summed E-state index contributed by atoms with van der Waals surface area (Å²) >= 11 is 0. The first-order valence-electron chi connectivity index (χ1n) is 6.55. The topological polar surface area (TPSA) is 47.3 Å². The van der Waals surface area contributed by atoms with Crippen molar-refractivity contribution in [3.8, 4) is 0 Å². The maximum atomic E-state index is 5.71. The molecule has 94 valence electrons. The van der Waals surface area contributed by atoms with Crippen LogP contribution in [-0.4, -0.2) is 18.8 Å². The third-order valence-electron chi connectivity index (χ3n) is 3.31. The van der Waals surface area contributed by atoms with Crippen LogP contribution in [0.25, 0.3) is 0 Å². The molecule has 3 heteroatoms. The Kier molecular flexibility index (Phi) is 7.47. The highest BCUT2D eigenvalue weighted by Gasteiger charge is 2.15. The van der Waals surface area contributed by atoms with Gasteiger partial charge in [0.2, 0.25) is 0 Å². The highest BCUT2D eigenvalue weighted by molar-refractivity contribution is 4.72. The van der Waals surface area contributed by atoms with Crippen LogP contribution in [0, 0.1) is 0 Å². The summed E-state index contributed by atoms with van der Waals surface area (Å²) in [4.78, 5) is 0. The summed E-state index contributed by atoms with van der Waals surface area (Å²) in [7, 11) is 0. The molecule has 1 fully saturated rings. The Bertz CT molecular complexity index is 179. The van der Waals surface area contributed by atoms with Crippen molar-refractivity contribution in [3.05, 3.63) is 12.7 Å². The molecule has 2 unspecified atom stereocenters. The number of rotatable bonds is 8. The van der Waals surface area contributed by atoms with E-state index in [9.17, 15) is 0 Å². The molecule has 0 spiro atoms. The Hall–Kier alpha value is -0.380. The van der Waals surface area contributed by atoms with Crippen molar-refractivity contribution in [1.82, 2.24) is 5.43 Å². The van der Waals surface area contributed by atoms with Gasteiger partial charge in [0.05, 0.1) is 6.10 Å². The molecule has 0 radical (unpaired) electrons. The fourth-order valence-electron chi connectivity index (χ4n) is 2.24. The molecule has 16 heavy (non-hydrogen) atoms. The maximum absolute atomic E-state index is 5.71. The van der Waals surface area contributed by atoms with Crippen molar-refractivity contribution < 1.29 is 4.74 Å². The highest BCUT2D eigenvalue weighted by atomic mass is 16.5. The lowest BCUT2D eigenvalue weighted by Crippen LogP contribution is -2.36. The van der Waals surface area contributed by atoms with Gasteiger partial charge in [-0.25, -0.2) is 0 Å². The lowest BCUT2D eigenvalue weighted by atomic mass is 9.99. The Morgan fingerprint density at radius 1 is 1.44 bits per heavy atom. The number of ether oxygens (including phenoxy) is 1. The molecule has 1 aliphatic heterocycles. The standard InChI is InChI=1S/C13H26N2O/c1-2-3-4-7-12(15-14)9-10-13-8-5-6-11-16-13/h2,12-13,15H,1,3-11,14H2. The number of allylic oxidation sites excluding steroid dienone is 1. The van der Waals surface area contributed by atoms with Gasteiger partial charge in [-0.15, -0.1) is 6.58 Å². The number of hydrogen-bond donors (Lipinski definition) is 2. The third kappa shape index (κ3) is 5.64. The predicted molar refractivity (Wildman–Crippen MR) is 68.0 cm³/mol. The second kappa shape index (κ2) is 8.74. The van der Waals surface area contributed by atoms with Gasteiger partial charge in [0.25, 0.3) is 0 Å². The van der Waals surface area contributed by atoms with Gasteiger partial charge >= 0.3 is 0 Å². The summed E-state index contributed by atoms with van der Waals surface area (Å²) in [6.07, 6.45) is 11.9. The minimum Gasteiger partial charge on any atom is -0.378 e. The number of hydrogen-bond acceptors (Lipinski definition) is 3. The largest absolute Gasteiger partial charge is 0.378 e. The van der Waals surface area contributed by atoms with E-state index in [0.29, 0.717) is 12.1 Å². The Labute approximate surface area is 99.4 Å². The smallest absolute Gasteiger partial charge is 0.0575 e. The lowest BCUT2D eigenvalue weighted by Gasteiger charge is -2.24. The minimum absolute atomic E-state index is 0.436. The van der Waals surface area contributed by atoms with Gasteiger partial charge < -0.3 is 4.74 Å². The van der Waals surface area contributed by atoms with Gasteiger partial charge in [-0.1, -0.05) is 6.08 Å². The average molecular weight is 226 g/mol. The van der Waals surface area contributed by atoms with E-state index in [1.54, 1.807) is 0 Å². The number of unbranched alkanes of at least 4 members (excludes halogenated alkanes) is 1. The summed E-state index contributed by atoms with van der Waals surface area (Å²) in [6, 6.07) is 0.436. The van der Waals surface area contributed by atoms with E-state index in [2.05, 4.69) is 12.0 Å². The molecule has 0 amide bonds. The monoisotopic (exact) mass is 226 g/mol. The summed E-state index contributed by atoms with van der Waals surface area (Å²) in [5.41, 5.74) is 2.91. The molecule has 1 saturated heterocycles. The number of nitrogens with two attached hydrogens (primary N) is 1. The van der Waals surface area contributed by atoms with Crippen molar-refractivity contribution >= 4 is 0 Å². The summed E-state index contributed by atoms with van der Waals surface area (Å²) < 4.78 is 5.71. The van der Waals surface area contributed by atoms with Crippen LogP contribution >= 0.6 is 0 Å². The lowest BCUT2D eigenvalue weighted by molar-refractivity contribution is 0.00842. The molecule has 0 aromatic carbocycles. The van der Waals surface area contributed by atoms with Crippen LogP contribution in [0.3, 0.4) is 0 Å². The van der Waals surface area contributed by atoms with E-state index in [1.165, 1.54) is 25.7 Å².